The maximum absolute atomic E-state index is 13.2. The summed E-state index contributed by atoms with van der Waals surface area (Å²) in [6.45, 7) is 3.57. The van der Waals surface area contributed by atoms with Crippen LogP contribution in [0.4, 0.5) is 8.78 Å². The second-order valence-electron chi connectivity index (χ2n) is 6.46. The molecule has 2 fully saturated rings. The fourth-order valence-electron chi connectivity index (χ4n) is 3.22. The number of rotatable bonds is 4. The summed E-state index contributed by atoms with van der Waals surface area (Å²) in [5.74, 6) is -1.55. The highest BCUT2D eigenvalue weighted by molar-refractivity contribution is 8.00. The van der Waals surface area contributed by atoms with Crippen LogP contribution in [-0.2, 0) is 14.3 Å². The number of morpholine rings is 1. The van der Waals surface area contributed by atoms with E-state index in [1.807, 2.05) is 4.90 Å². The zero-order valence-electron chi connectivity index (χ0n) is 14.5. The standard InChI is InChI=1S/C18H22F2N2O3S/c19-15-2-1-14(11-16(15)20)26-12-17(23)21-5-3-13(4-6-21)18(24)22-7-9-25-10-8-22/h1-2,11,13H,3-10,12H2. The molecule has 2 aliphatic heterocycles. The highest BCUT2D eigenvalue weighted by Crippen LogP contribution is 2.24. The van der Waals surface area contributed by atoms with Crippen LogP contribution in [0.3, 0.4) is 0 Å². The first-order valence-electron chi connectivity index (χ1n) is 8.77. The van der Waals surface area contributed by atoms with Crippen molar-refractivity contribution in [2.45, 2.75) is 17.7 Å². The van der Waals surface area contributed by atoms with Crippen LogP contribution in [0, 0.1) is 17.6 Å². The molecule has 0 spiro atoms. The van der Waals surface area contributed by atoms with Crippen LogP contribution in [0.1, 0.15) is 12.8 Å². The molecule has 8 heteroatoms. The lowest BCUT2D eigenvalue weighted by Crippen LogP contribution is -2.47. The number of likely N-dealkylation sites (tertiary alicyclic amines) is 1. The average Bonchev–Trinajstić information content (AvgIpc) is 2.69. The largest absolute Gasteiger partial charge is 0.378 e. The molecule has 2 aliphatic rings. The summed E-state index contributed by atoms with van der Waals surface area (Å²) < 4.78 is 31.4. The Kier molecular flexibility index (Phi) is 6.48. The molecule has 26 heavy (non-hydrogen) atoms. The third-order valence-electron chi connectivity index (χ3n) is 4.77. The Morgan fingerprint density at radius 2 is 1.73 bits per heavy atom. The van der Waals surface area contributed by atoms with Crippen molar-refractivity contribution >= 4 is 23.6 Å². The van der Waals surface area contributed by atoms with Crippen LogP contribution >= 0.6 is 11.8 Å². The molecule has 0 N–H and O–H groups in total. The topological polar surface area (TPSA) is 49.9 Å². The molecule has 0 atom stereocenters. The molecule has 2 amide bonds. The van der Waals surface area contributed by atoms with Gasteiger partial charge in [0.1, 0.15) is 0 Å². The molecule has 1 aromatic carbocycles. The van der Waals surface area contributed by atoms with E-state index in [0.29, 0.717) is 57.1 Å². The van der Waals surface area contributed by atoms with E-state index in [2.05, 4.69) is 0 Å². The van der Waals surface area contributed by atoms with E-state index in [0.717, 1.165) is 12.1 Å². The molecular formula is C18H22F2N2O3S. The Morgan fingerprint density at radius 3 is 2.38 bits per heavy atom. The van der Waals surface area contributed by atoms with Crippen molar-refractivity contribution in [3.05, 3.63) is 29.8 Å². The number of ether oxygens (including phenoxy) is 1. The Bertz CT molecular complexity index is 660. The van der Waals surface area contributed by atoms with Gasteiger partial charge < -0.3 is 14.5 Å². The van der Waals surface area contributed by atoms with Crippen LogP contribution in [0.15, 0.2) is 23.1 Å². The summed E-state index contributed by atoms with van der Waals surface area (Å²) in [6.07, 6.45) is 1.33. The van der Waals surface area contributed by atoms with Crippen LogP contribution in [0.2, 0.25) is 0 Å². The smallest absolute Gasteiger partial charge is 0.232 e. The van der Waals surface area contributed by atoms with Gasteiger partial charge in [-0.2, -0.15) is 0 Å². The third-order valence-corrected chi connectivity index (χ3v) is 5.75. The molecule has 0 saturated carbocycles. The van der Waals surface area contributed by atoms with E-state index in [1.54, 1.807) is 4.90 Å². The number of halogens is 2. The van der Waals surface area contributed by atoms with Crippen LogP contribution < -0.4 is 0 Å². The SMILES string of the molecule is O=C(CSc1ccc(F)c(F)c1)N1CCC(C(=O)N2CCOCC2)CC1. The van der Waals surface area contributed by atoms with Crippen LogP contribution in [0.25, 0.3) is 0 Å². The monoisotopic (exact) mass is 384 g/mol. The van der Waals surface area contributed by atoms with Gasteiger partial charge in [0.25, 0.3) is 0 Å². The maximum atomic E-state index is 13.2. The van der Waals surface area contributed by atoms with Gasteiger partial charge in [0.2, 0.25) is 11.8 Å². The van der Waals surface area contributed by atoms with Crippen LogP contribution in [0.5, 0.6) is 0 Å². The summed E-state index contributed by atoms with van der Waals surface area (Å²) in [6, 6.07) is 3.62. The second kappa shape index (κ2) is 8.81. The number of thioether (sulfide) groups is 1. The Labute approximate surface area is 155 Å². The number of piperidine rings is 1. The van der Waals surface area contributed by atoms with E-state index in [-0.39, 0.29) is 23.5 Å². The molecule has 142 valence electrons. The fraction of sp³-hybridized carbons (Fsp3) is 0.556. The van der Waals surface area contributed by atoms with Crippen molar-refractivity contribution in [3.63, 3.8) is 0 Å². The first-order valence-corrected chi connectivity index (χ1v) is 9.75. The van der Waals surface area contributed by atoms with Gasteiger partial charge in [0.05, 0.1) is 19.0 Å². The molecule has 1 aromatic rings. The second-order valence-corrected chi connectivity index (χ2v) is 7.51. The zero-order valence-corrected chi connectivity index (χ0v) is 15.3. The first-order chi connectivity index (χ1) is 12.5. The number of amides is 2. The third kappa shape index (κ3) is 4.73. The summed E-state index contributed by atoms with van der Waals surface area (Å²) in [4.78, 5) is 28.9. The quantitative estimate of drug-likeness (QED) is 0.747. The molecule has 3 rings (SSSR count). The van der Waals surface area contributed by atoms with E-state index < -0.39 is 11.6 Å². The van der Waals surface area contributed by atoms with Crippen molar-refractivity contribution in [3.8, 4) is 0 Å². The van der Waals surface area contributed by atoms with Gasteiger partial charge in [0, 0.05) is 37.0 Å². The zero-order chi connectivity index (χ0) is 18.5. The Morgan fingerprint density at radius 1 is 1.04 bits per heavy atom. The van der Waals surface area contributed by atoms with Gasteiger partial charge in [-0.3, -0.25) is 9.59 Å². The number of benzene rings is 1. The van der Waals surface area contributed by atoms with Crippen molar-refractivity contribution in [1.82, 2.24) is 9.80 Å². The predicted octanol–water partition coefficient (Wildman–Crippen LogP) is 2.15. The number of carbonyl (C=O) groups excluding carboxylic acids is 2. The minimum absolute atomic E-state index is 0.0315. The van der Waals surface area contributed by atoms with E-state index in [9.17, 15) is 18.4 Å². The highest BCUT2D eigenvalue weighted by Gasteiger charge is 2.30. The van der Waals surface area contributed by atoms with Gasteiger partial charge in [-0.25, -0.2) is 8.78 Å². The lowest BCUT2D eigenvalue weighted by molar-refractivity contribution is -0.143. The Hall–Kier alpha value is -1.67. The molecule has 2 heterocycles. The molecule has 0 aromatic heterocycles. The highest BCUT2D eigenvalue weighted by atomic mass is 32.2. The van der Waals surface area contributed by atoms with Crippen molar-refractivity contribution in [2.24, 2.45) is 5.92 Å². The van der Waals surface area contributed by atoms with E-state index in [4.69, 9.17) is 4.74 Å². The summed E-state index contributed by atoms with van der Waals surface area (Å²) in [5, 5.41) is 0. The van der Waals surface area contributed by atoms with Crippen molar-refractivity contribution in [2.75, 3.05) is 45.1 Å². The van der Waals surface area contributed by atoms with Crippen molar-refractivity contribution in [1.29, 1.82) is 0 Å². The molecule has 0 radical (unpaired) electrons. The average molecular weight is 384 g/mol. The van der Waals surface area contributed by atoms with Gasteiger partial charge in [-0.05, 0) is 31.0 Å². The lowest BCUT2D eigenvalue weighted by Gasteiger charge is -2.35. The number of hydrogen-bond acceptors (Lipinski definition) is 4. The van der Waals surface area contributed by atoms with E-state index in [1.165, 1.54) is 17.8 Å². The molecular weight excluding hydrogens is 362 g/mol. The van der Waals surface area contributed by atoms with Gasteiger partial charge >= 0.3 is 0 Å². The summed E-state index contributed by atoms with van der Waals surface area (Å²) in [7, 11) is 0. The molecule has 5 nitrogen and oxygen atoms in total. The van der Waals surface area contributed by atoms with E-state index >= 15 is 0 Å². The van der Waals surface area contributed by atoms with Gasteiger partial charge in [-0.1, -0.05) is 0 Å². The first kappa shape index (κ1) is 19.1. The molecule has 0 aliphatic carbocycles. The van der Waals surface area contributed by atoms with Crippen molar-refractivity contribution < 1.29 is 23.1 Å². The fourth-order valence-corrected chi connectivity index (χ4v) is 4.04. The molecule has 2 saturated heterocycles. The molecule has 0 unspecified atom stereocenters. The normalized spacial score (nSPS) is 18.8. The minimum Gasteiger partial charge on any atom is -0.378 e. The molecule has 0 bridgehead atoms. The summed E-state index contributed by atoms with van der Waals surface area (Å²) in [5.41, 5.74) is 0. The maximum Gasteiger partial charge on any atom is 0.232 e. The predicted molar refractivity (Wildman–Crippen MR) is 93.8 cm³/mol. The number of nitrogens with zero attached hydrogens (tertiary/aromatic N) is 2. The lowest BCUT2D eigenvalue weighted by atomic mass is 9.95. The number of carbonyl (C=O) groups is 2. The minimum atomic E-state index is -0.912. The Balaban J connectivity index is 1.44. The summed E-state index contributed by atoms with van der Waals surface area (Å²) >= 11 is 1.19. The number of hydrogen-bond donors (Lipinski definition) is 0. The van der Waals surface area contributed by atoms with Gasteiger partial charge in [0.15, 0.2) is 11.6 Å². The van der Waals surface area contributed by atoms with Gasteiger partial charge in [-0.15, -0.1) is 11.8 Å². The van der Waals surface area contributed by atoms with Crippen LogP contribution in [-0.4, -0.2) is 66.8 Å².